The summed E-state index contributed by atoms with van der Waals surface area (Å²) in [4.78, 5) is 25.6. The van der Waals surface area contributed by atoms with Crippen LogP contribution in [0.2, 0.25) is 0 Å². The third-order valence-electron chi connectivity index (χ3n) is 4.71. The van der Waals surface area contributed by atoms with Crippen molar-refractivity contribution in [3.63, 3.8) is 0 Å². The molecule has 0 bridgehead atoms. The van der Waals surface area contributed by atoms with E-state index in [0.29, 0.717) is 18.0 Å². The molecule has 27 heavy (non-hydrogen) atoms. The smallest absolute Gasteiger partial charge is 0.240 e. The molecule has 1 aromatic carbocycles. The van der Waals surface area contributed by atoms with Crippen LogP contribution in [0.15, 0.2) is 29.2 Å². The van der Waals surface area contributed by atoms with E-state index in [4.69, 9.17) is 0 Å². The highest BCUT2D eigenvalue weighted by Gasteiger charge is 2.17. The van der Waals surface area contributed by atoms with Gasteiger partial charge in [0.1, 0.15) is 0 Å². The molecule has 1 amide bonds. The first kappa shape index (κ1) is 21.5. The number of sulfonamides is 1. The molecule has 1 aliphatic heterocycles. The van der Waals surface area contributed by atoms with Crippen molar-refractivity contribution in [2.45, 2.75) is 38.0 Å². The summed E-state index contributed by atoms with van der Waals surface area (Å²) in [6.45, 7) is 7.23. The SMILES string of the molecule is CC(=O)c1ccc(S(=O)(=O)NCCC(=O)NCCN2CCCC(C)C2)cc1. The molecule has 1 unspecified atom stereocenters. The van der Waals surface area contributed by atoms with E-state index in [1.165, 1.54) is 44.0 Å². The highest BCUT2D eigenvalue weighted by Crippen LogP contribution is 2.14. The van der Waals surface area contributed by atoms with Crippen LogP contribution in [0.5, 0.6) is 0 Å². The Labute approximate surface area is 161 Å². The van der Waals surface area contributed by atoms with Crippen LogP contribution in [0, 0.1) is 5.92 Å². The van der Waals surface area contributed by atoms with Gasteiger partial charge in [0.15, 0.2) is 5.78 Å². The van der Waals surface area contributed by atoms with Crippen molar-refractivity contribution in [3.05, 3.63) is 29.8 Å². The molecular weight excluding hydrogens is 366 g/mol. The quantitative estimate of drug-likeness (QED) is 0.617. The molecule has 150 valence electrons. The van der Waals surface area contributed by atoms with E-state index in [0.717, 1.165) is 19.6 Å². The van der Waals surface area contributed by atoms with Crippen molar-refractivity contribution in [2.75, 3.05) is 32.7 Å². The van der Waals surface area contributed by atoms with Gasteiger partial charge in [-0.1, -0.05) is 19.1 Å². The number of piperidine rings is 1. The standard InChI is InChI=1S/C19H29N3O4S/c1-15-4-3-12-22(14-15)13-11-20-19(24)9-10-21-27(25,26)18-7-5-17(6-8-18)16(2)23/h5-8,15,21H,3-4,9-14H2,1-2H3,(H,20,24). The van der Waals surface area contributed by atoms with Crippen molar-refractivity contribution >= 4 is 21.7 Å². The predicted molar refractivity (Wildman–Crippen MR) is 104 cm³/mol. The maximum Gasteiger partial charge on any atom is 0.240 e. The highest BCUT2D eigenvalue weighted by molar-refractivity contribution is 7.89. The number of likely N-dealkylation sites (tertiary alicyclic amines) is 1. The van der Waals surface area contributed by atoms with Crippen LogP contribution in [0.1, 0.15) is 43.5 Å². The van der Waals surface area contributed by atoms with Crippen LogP contribution >= 0.6 is 0 Å². The fourth-order valence-corrected chi connectivity index (χ4v) is 4.21. The lowest BCUT2D eigenvalue weighted by Gasteiger charge is -2.30. The number of nitrogens with one attached hydrogen (secondary N) is 2. The van der Waals surface area contributed by atoms with Gasteiger partial charge in [-0.3, -0.25) is 9.59 Å². The highest BCUT2D eigenvalue weighted by atomic mass is 32.2. The molecule has 0 spiro atoms. The lowest BCUT2D eigenvalue weighted by Crippen LogP contribution is -2.40. The summed E-state index contributed by atoms with van der Waals surface area (Å²) in [6.07, 6.45) is 2.55. The Hall–Kier alpha value is -1.77. The average molecular weight is 396 g/mol. The maximum absolute atomic E-state index is 12.2. The molecule has 0 aliphatic carbocycles. The second kappa shape index (κ2) is 9.96. The molecule has 0 saturated carbocycles. The van der Waals surface area contributed by atoms with Crippen LogP contribution in [-0.2, 0) is 14.8 Å². The summed E-state index contributed by atoms with van der Waals surface area (Å²) in [5, 5.41) is 2.84. The van der Waals surface area contributed by atoms with Crippen LogP contribution in [0.3, 0.4) is 0 Å². The molecule has 0 radical (unpaired) electrons. The van der Waals surface area contributed by atoms with E-state index in [1.54, 1.807) is 0 Å². The Balaban J connectivity index is 1.69. The van der Waals surface area contributed by atoms with Gasteiger partial charge in [-0.05, 0) is 44.4 Å². The topological polar surface area (TPSA) is 95.6 Å². The van der Waals surface area contributed by atoms with Gasteiger partial charge in [-0.25, -0.2) is 13.1 Å². The Bertz CT molecular complexity index is 747. The molecule has 2 rings (SSSR count). The monoisotopic (exact) mass is 395 g/mol. The summed E-state index contributed by atoms with van der Waals surface area (Å²) in [6, 6.07) is 5.73. The van der Waals surface area contributed by atoms with Crippen LogP contribution in [0.25, 0.3) is 0 Å². The molecule has 1 fully saturated rings. The second-order valence-electron chi connectivity index (χ2n) is 7.13. The molecule has 7 nitrogen and oxygen atoms in total. The number of rotatable bonds is 9. The predicted octanol–water partition coefficient (Wildman–Crippen LogP) is 1.41. The zero-order valence-corrected chi connectivity index (χ0v) is 16.8. The van der Waals surface area contributed by atoms with E-state index in [-0.39, 0.29) is 29.6 Å². The second-order valence-corrected chi connectivity index (χ2v) is 8.89. The lowest BCUT2D eigenvalue weighted by atomic mass is 10.0. The number of amides is 1. The van der Waals surface area contributed by atoms with Crippen molar-refractivity contribution in [1.29, 1.82) is 0 Å². The third-order valence-corrected chi connectivity index (χ3v) is 6.18. The number of Topliss-reactive ketones (excluding diaryl/α,β-unsaturated/α-hetero) is 1. The van der Waals surface area contributed by atoms with Gasteiger partial charge in [-0.15, -0.1) is 0 Å². The number of nitrogens with zero attached hydrogens (tertiary/aromatic N) is 1. The first-order valence-corrected chi connectivity index (χ1v) is 10.9. The van der Waals surface area contributed by atoms with E-state index in [9.17, 15) is 18.0 Å². The normalized spacial score (nSPS) is 18.2. The Kier molecular flexibility index (Phi) is 7.94. The molecular formula is C19H29N3O4S. The van der Waals surface area contributed by atoms with Gasteiger partial charge < -0.3 is 10.2 Å². The maximum atomic E-state index is 12.2. The molecule has 1 heterocycles. The van der Waals surface area contributed by atoms with Crippen molar-refractivity contribution in [2.24, 2.45) is 5.92 Å². The van der Waals surface area contributed by atoms with Gasteiger partial charge in [0.25, 0.3) is 0 Å². The van der Waals surface area contributed by atoms with Gasteiger partial charge in [-0.2, -0.15) is 0 Å². The van der Waals surface area contributed by atoms with Crippen LogP contribution < -0.4 is 10.0 Å². The molecule has 1 saturated heterocycles. The molecule has 8 heteroatoms. The van der Waals surface area contributed by atoms with Crippen molar-refractivity contribution in [3.8, 4) is 0 Å². The van der Waals surface area contributed by atoms with E-state index in [1.807, 2.05) is 0 Å². The molecule has 1 aromatic rings. The van der Waals surface area contributed by atoms with E-state index < -0.39 is 10.0 Å². The average Bonchev–Trinajstić information content (AvgIpc) is 2.61. The lowest BCUT2D eigenvalue weighted by molar-refractivity contribution is -0.121. The number of hydrogen-bond acceptors (Lipinski definition) is 5. The van der Waals surface area contributed by atoms with Gasteiger partial charge >= 0.3 is 0 Å². The first-order valence-electron chi connectivity index (χ1n) is 9.37. The summed E-state index contributed by atoms with van der Waals surface area (Å²) >= 11 is 0. The van der Waals surface area contributed by atoms with Gasteiger partial charge in [0.2, 0.25) is 15.9 Å². The van der Waals surface area contributed by atoms with Crippen LogP contribution in [0.4, 0.5) is 0 Å². The first-order chi connectivity index (χ1) is 12.8. The summed E-state index contributed by atoms with van der Waals surface area (Å²) in [5.74, 6) is 0.408. The molecule has 0 aromatic heterocycles. The van der Waals surface area contributed by atoms with E-state index >= 15 is 0 Å². The zero-order chi connectivity index (χ0) is 19.9. The van der Waals surface area contributed by atoms with Gasteiger partial charge in [0, 0.05) is 38.2 Å². The zero-order valence-electron chi connectivity index (χ0n) is 16.0. The molecule has 1 aliphatic rings. The summed E-state index contributed by atoms with van der Waals surface area (Å²) in [5.41, 5.74) is 0.455. The minimum atomic E-state index is -3.69. The van der Waals surface area contributed by atoms with Crippen LogP contribution in [-0.4, -0.2) is 57.7 Å². The molecule has 1 atom stereocenters. The number of ketones is 1. The van der Waals surface area contributed by atoms with Gasteiger partial charge in [0.05, 0.1) is 4.90 Å². The third kappa shape index (κ3) is 7.04. The number of hydrogen-bond donors (Lipinski definition) is 2. The number of carbonyl (C=O) groups is 2. The summed E-state index contributed by atoms with van der Waals surface area (Å²) in [7, 11) is -3.69. The number of benzene rings is 1. The summed E-state index contributed by atoms with van der Waals surface area (Å²) < 4.78 is 26.8. The molecule has 2 N–H and O–H groups in total. The minimum absolute atomic E-state index is 0.0311. The minimum Gasteiger partial charge on any atom is -0.355 e. The largest absolute Gasteiger partial charge is 0.355 e. The fraction of sp³-hybridized carbons (Fsp3) is 0.579. The Morgan fingerprint density at radius 1 is 1.19 bits per heavy atom. The fourth-order valence-electron chi connectivity index (χ4n) is 3.18. The Morgan fingerprint density at radius 3 is 2.52 bits per heavy atom. The number of carbonyl (C=O) groups excluding carboxylic acids is 2. The van der Waals surface area contributed by atoms with E-state index in [2.05, 4.69) is 21.9 Å². The van der Waals surface area contributed by atoms with Crippen molar-refractivity contribution in [1.82, 2.24) is 14.9 Å². The van der Waals surface area contributed by atoms with Crippen molar-refractivity contribution < 1.29 is 18.0 Å². The Morgan fingerprint density at radius 2 is 1.89 bits per heavy atom.